The number of carbonyl (C=O) groups is 1. The number of halogens is 2. The fraction of sp³-hybridized carbons (Fsp3) is 0.611. The Hall–Kier alpha value is -0.810. The minimum Gasteiger partial charge on any atom is -0.325 e. The van der Waals surface area contributed by atoms with E-state index in [4.69, 9.17) is 0 Å². The van der Waals surface area contributed by atoms with Crippen LogP contribution in [0.1, 0.15) is 37.8 Å². The first-order valence-electron chi connectivity index (χ1n) is 8.48. The van der Waals surface area contributed by atoms with Crippen LogP contribution in [0.3, 0.4) is 0 Å². The summed E-state index contributed by atoms with van der Waals surface area (Å²) in [7, 11) is 0. The van der Waals surface area contributed by atoms with Crippen LogP contribution in [0.25, 0.3) is 0 Å². The van der Waals surface area contributed by atoms with Crippen molar-refractivity contribution in [3.05, 3.63) is 29.3 Å². The summed E-state index contributed by atoms with van der Waals surface area (Å²) in [4.78, 5) is 14.8. The van der Waals surface area contributed by atoms with Crippen LogP contribution in [0.5, 0.6) is 0 Å². The summed E-state index contributed by atoms with van der Waals surface area (Å²) in [6, 6.07) is 6.30. The van der Waals surface area contributed by atoms with Gasteiger partial charge in [0.25, 0.3) is 0 Å². The van der Waals surface area contributed by atoms with Crippen molar-refractivity contribution in [2.45, 2.75) is 39.8 Å². The van der Waals surface area contributed by atoms with Gasteiger partial charge in [0.1, 0.15) is 0 Å². The van der Waals surface area contributed by atoms with E-state index in [0.717, 1.165) is 50.7 Å². The van der Waals surface area contributed by atoms with Crippen molar-refractivity contribution in [1.82, 2.24) is 10.2 Å². The topological polar surface area (TPSA) is 44.4 Å². The summed E-state index contributed by atoms with van der Waals surface area (Å²) in [5.41, 5.74) is 3.69. The van der Waals surface area contributed by atoms with E-state index >= 15 is 0 Å². The number of fused-ring (bicyclic) bond motifs is 1. The Labute approximate surface area is 157 Å². The van der Waals surface area contributed by atoms with Gasteiger partial charge >= 0.3 is 0 Å². The monoisotopic (exact) mass is 373 g/mol. The molecule has 2 N–H and O–H groups in total. The molecule has 0 radical (unpaired) electrons. The molecule has 4 nitrogen and oxygen atoms in total. The van der Waals surface area contributed by atoms with E-state index in [0.29, 0.717) is 0 Å². The Bertz CT molecular complexity index is 545. The molecule has 24 heavy (non-hydrogen) atoms. The fourth-order valence-corrected chi connectivity index (χ4v) is 3.32. The van der Waals surface area contributed by atoms with Crippen molar-refractivity contribution in [1.29, 1.82) is 0 Å². The molecule has 2 aliphatic heterocycles. The largest absolute Gasteiger partial charge is 0.325 e. The SMILES string of the molecule is CC(C)CCN1Cc2cccc(NC(=O)C3CCNC3)c2C1.Cl.Cl. The van der Waals surface area contributed by atoms with Crippen molar-refractivity contribution in [2.24, 2.45) is 11.8 Å². The van der Waals surface area contributed by atoms with E-state index in [2.05, 4.69) is 41.5 Å². The molecule has 2 aliphatic rings. The molecule has 6 heteroatoms. The van der Waals surface area contributed by atoms with E-state index in [1.807, 2.05) is 6.07 Å². The molecule has 0 spiro atoms. The molecule has 1 aromatic rings. The van der Waals surface area contributed by atoms with Gasteiger partial charge in [0.05, 0.1) is 5.92 Å². The van der Waals surface area contributed by atoms with Gasteiger partial charge in [-0.25, -0.2) is 0 Å². The lowest BCUT2D eigenvalue weighted by molar-refractivity contribution is -0.119. The summed E-state index contributed by atoms with van der Waals surface area (Å²) in [6.07, 6.45) is 2.17. The van der Waals surface area contributed by atoms with Crippen LogP contribution in [0.2, 0.25) is 0 Å². The molecule has 0 bridgehead atoms. The molecule has 2 heterocycles. The molecule has 0 aliphatic carbocycles. The second-order valence-corrected chi connectivity index (χ2v) is 7.02. The van der Waals surface area contributed by atoms with E-state index in [-0.39, 0.29) is 36.6 Å². The third-order valence-electron chi connectivity index (χ3n) is 4.76. The Morgan fingerprint density at radius 1 is 1.33 bits per heavy atom. The Morgan fingerprint density at radius 2 is 2.12 bits per heavy atom. The number of amides is 1. The maximum absolute atomic E-state index is 12.3. The molecule has 1 amide bonds. The van der Waals surface area contributed by atoms with Crippen LogP contribution < -0.4 is 10.6 Å². The van der Waals surface area contributed by atoms with E-state index in [1.165, 1.54) is 17.5 Å². The van der Waals surface area contributed by atoms with Crippen LogP contribution >= 0.6 is 24.8 Å². The third-order valence-corrected chi connectivity index (χ3v) is 4.76. The maximum atomic E-state index is 12.3. The van der Waals surface area contributed by atoms with Gasteiger partial charge in [-0.15, -0.1) is 24.8 Å². The fourth-order valence-electron chi connectivity index (χ4n) is 3.32. The zero-order valence-electron chi connectivity index (χ0n) is 14.5. The summed E-state index contributed by atoms with van der Waals surface area (Å²) in [5.74, 6) is 1.02. The van der Waals surface area contributed by atoms with E-state index in [9.17, 15) is 4.79 Å². The normalized spacial score (nSPS) is 19.5. The highest BCUT2D eigenvalue weighted by molar-refractivity contribution is 5.93. The third kappa shape index (κ3) is 5.09. The highest BCUT2D eigenvalue weighted by Gasteiger charge is 2.25. The minimum atomic E-state index is 0. The summed E-state index contributed by atoms with van der Waals surface area (Å²) in [5, 5.41) is 6.42. The van der Waals surface area contributed by atoms with Crippen molar-refractivity contribution in [3.8, 4) is 0 Å². The van der Waals surface area contributed by atoms with Crippen LogP contribution in [0, 0.1) is 11.8 Å². The van der Waals surface area contributed by atoms with Crippen LogP contribution in [0.15, 0.2) is 18.2 Å². The highest BCUT2D eigenvalue weighted by atomic mass is 35.5. The molecule has 1 atom stereocenters. The van der Waals surface area contributed by atoms with Crippen LogP contribution in [-0.4, -0.2) is 30.4 Å². The molecule has 1 aromatic carbocycles. The highest BCUT2D eigenvalue weighted by Crippen LogP contribution is 2.30. The smallest absolute Gasteiger partial charge is 0.228 e. The summed E-state index contributed by atoms with van der Waals surface area (Å²) < 4.78 is 0. The predicted octanol–water partition coefficient (Wildman–Crippen LogP) is 3.44. The average molecular weight is 374 g/mol. The second-order valence-electron chi connectivity index (χ2n) is 7.02. The van der Waals surface area contributed by atoms with Gasteiger partial charge in [0.2, 0.25) is 5.91 Å². The minimum absolute atomic E-state index is 0. The first kappa shape index (κ1) is 21.2. The lowest BCUT2D eigenvalue weighted by Gasteiger charge is -2.16. The molecule has 136 valence electrons. The van der Waals surface area contributed by atoms with Gasteiger partial charge in [-0.1, -0.05) is 26.0 Å². The summed E-state index contributed by atoms with van der Waals surface area (Å²) >= 11 is 0. The molecule has 1 fully saturated rings. The molecule has 1 saturated heterocycles. The van der Waals surface area contributed by atoms with Gasteiger partial charge in [-0.2, -0.15) is 0 Å². The van der Waals surface area contributed by atoms with E-state index < -0.39 is 0 Å². The quantitative estimate of drug-likeness (QED) is 0.830. The number of benzene rings is 1. The Balaban J connectivity index is 0.00000144. The zero-order chi connectivity index (χ0) is 15.5. The Morgan fingerprint density at radius 3 is 2.79 bits per heavy atom. The van der Waals surface area contributed by atoms with Gasteiger partial charge in [0, 0.05) is 25.3 Å². The van der Waals surface area contributed by atoms with Gasteiger partial charge in [-0.3, -0.25) is 9.69 Å². The molecule has 1 unspecified atom stereocenters. The number of carbonyl (C=O) groups excluding carboxylic acids is 1. The lowest BCUT2D eigenvalue weighted by Crippen LogP contribution is -2.25. The van der Waals surface area contributed by atoms with Gasteiger partial charge < -0.3 is 10.6 Å². The maximum Gasteiger partial charge on any atom is 0.228 e. The second kappa shape index (κ2) is 9.62. The predicted molar refractivity (Wildman–Crippen MR) is 104 cm³/mol. The first-order valence-corrected chi connectivity index (χ1v) is 8.48. The first-order chi connectivity index (χ1) is 10.6. The van der Waals surface area contributed by atoms with Crippen LogP contribution in [-0.2, 0) is 17.9 Å². The molecule has 0 saturated carbocycles. The van der Waals surface area contributed by atoms with Gasteiger partial charge in [0.15, 0.2) is 0 Å². The molecule has 0 aromatic heterocycles. The molecular weight excluding hydrogens is 345 g/mol. The lowest BCUT2D eigenvalue weighted by atomic mass is 10.1. The van der Waals surface area contributed by atoms with Crippen molar-refractivity contribution >= 4 is 36.4 Å². The summed E-state index contributed by atoms with van der Waals surface area (Å²) in [6.45, 7) is 9.40. The number of nitrogens with zero attached hydrogens (tertiary/aromatic N) is 1. The van der Waals surface area contributed by atoms with Gasteiger partial charge in [-0.05, 0) is 49.0 Å². The van der Waals surface area contributed by atoms with E-state index in [1.54, 1.807) is 0 Å². The molecule has 3 rings (SSSR count). The number of hydrogen-bond donors (Lipinski definition) is 2. The Kier molecular flexibility index (Phi) is 8.51. The van der Waals surface area contributed by atoms with Crippen molar-refractivity contribution in [2.75, 3.05) is 25.0 Å². The number of anilines is 1. The number of rotatable bonds is 5. The average Bonchev–Trinajstić information content (AvgIpc) is 3.14. The zero-order valence-corrected chi connectivity index (χ0v) is 16.1. The standard InChI is InChI=1S/C18H27N3O.2ClH/c1-13(2)7-9-21-11-15-4-3-5-17(16(15)12-21)20-18(22)14-6-8-19-10-14;;/h3-5,13-14,19H,6-12H2,1-2H3,(H,20,22);2*1H. The van der Waals surface area contributed by atoms with Crippen molar-refractivity contribution < 1.29 is 4.79 Å². The number of nitrogens with one attached hydrogen (secondary N) is 2. The number of hydrogen-bond acceptors (Lipinski definition) is 3. The van der Waals surface area contributed by atoms with Crippen molar-refractivity contribution in [3.63, 3.8) is 0 Å². The molecular formula is C18H29Cl2N3O. The van der Waals surface area contributed by atoms with Crippen LogP contribution in [0.4, 0.5) is 5.69 Å².